The van der Waals surface area contributed by atoms with E-state index in [9.17, 15) is 0 Å². The fraction of sp³-hybridized carbons (Fsp3) is 0.125. The van der Waals surface area contributed by atoms with Crippen LogP contribution in [-0.4, -0.2) is 5.26 Å². The highest BCUT2D eigenvalue weighted by atomic mass is 17.1. The van der Waals surface area contributed by atoms with Crippen molar-refractivity contribution in [3.05, 3.63) is 65.8 Å². The second kappa shape index (κ2) is 6.15. The summed E-state index contributed by atoms with van der Waals surface area (Å²) in [4.78, 5) is 4.33. The standard InChI is InChI=1S/C16H16O2/c1-2-3-4-7-14-11-10-13-8-5-6-9-15(13)16(14)12-18-17/h2-11,17H,12H2,1H3/b3-2-,7-4-. The van der Waals surface area contributed by atoms with Crippen LogP contribution in [0.3, 0.4) is 0 Å². The molecule has 0 fully saturated rings. The van der Waals surface area contributed by atoms with Crippen LogP contribution in [0.15, 0.2) is 54.6 Å². The first-order valence-electron chi connectivity index (χ1n) is 5.93. The van der Waals surface area contributed by atoms with Gasteiger partial charge in [-0.2, -0.15) is 0 Å². The lowest BCUT2D eigenvalue weighted by molar-refractivity contribution is -0.252. The predicted octanol–water partition coefficient (Wildman–Crippen LogP) is 4.42. The van der Waals surface area contributed by atoms with Crippen LogP contribution in [0.25, 0.3) is 16.8 Å². The van der Waals surface area contributed by atoms with Crippen molar-refractivity contribution in [2.75, 3.05) is 0 Å². The average molecular weight is 240 g/mol. The minimum atomic E-state index is 0.191. The molecule has 2 nitrogen and oxygen atoms in total. The summed E-state index contributed by atoms with van der Waals surface area (Å²) < 4.78 is 0. The van der Waals surface area contributed by atoms with Crippen molar-refractivity contribution in [2.45, 2.75) is 13.5 Å². The molecule has 2 rings (SSSR count). The summed E-state index contributed by atoms with van der Waals surface area (Å²) in [5.74, 6) is 0. The lowest BCUT2D eigenvalue weighted by atomic mass is 9.99. The lowest BCUT2D eigenvalue weighted by Crippen LogP contribution is -1.93. The van der Waals surface area contributed by atoms with E-state index in [4.69, 9.17) is 5.26 Å². The Morgan fingerprint density at radius 3 is 2.72 bits per heavy atom. The first kappa shape index (κ1) is 12.6. The summed E-state index contributed by atoms with van der Waals surface area (Å²) in [6.45, 7) is 2.17. The minimum absolute atomic E-state index is 0.191. The van der Waals surface area contributed by atoms with Gasteiger partial charge in [-0.15, -0.1) is 0 Å². The molecule has 0 radical (unpaired) electrons. The van der Waals surface area contributed by atoms with Gasteiger partial charge in [0, 0.05) is 0 Å². The molecule has 0 aliphatic heterocycles. The number of allylic oxidation sites excluding steroid dienone is 3. The number of fused-ring (bicyclic) bond motifs is 1. The Balaban J connectivity index is 2.55. The highest BCUT2D eigenvalue weighted by Crippen LogP contribution is 2.24. The maximum absolute atomic E-state index is 8.74. The summed E-state index contributed by atoms with van der Waals surface area (Å²) in [6.07, 6.45) is 7.93. The molecule has 0 atom stereocenters. The van der Waals surface area contributed by atoms with Crippen LogP contribution in [0.1, 0.15) is 18.1 Å². The van der Waals surface area contributed by atoms with Gasteiger partial charge in [-0.25, -0.2) is 4.89 Å². The Labute approximate surface area is 107 Å². The normalized spacial score (nSPS) is 11.9. The van der Waals surface area contributed by atoms with Crippen molar-refractivity contribution < 1.29 is 10.1 Å². The van der Waals surface area contributed by atoms with Crippen LogP contribution in [0.4, 0.5) is 0 Å². The van der Waals surface area contributed by atoms with Crippen molar-refractivity contribution in [3.8, 4) is 0 Å². The van der Waals surface area contributed by atoms with Crippen LogP contribution in [0, 0.1) is 0 Å². The molecule has 18 heavy (non-hydrogen) atoms. The van der Waals surface area contributed by atoms with Crippen LogP contribution in [0.5, 0.6) is 0 Å². The molecule has 0 saturated carbocycles. The SMILES string of the molecule is C/C=C\C=C/c1ccc2ccccc2c1COO. The Kier molecular flexibility index (Phi) is 4.29. The summed E-state index contributed by atoms with van der Waals surface area (Å²) in [5.41, 5.74) is 2.05. The van der Waals surface area contributed by atoms with Crippen molar-refractivity contribution >= 4 is 16.8 Å². The van der Waals surface area contributed by atoms with Crippen molar-refractivity contribution in [1.29, 1.82) is 0 Å². The highest BCUT2D eigenvalue weighted by molar-refractivity contribution is 5.88. The second-order valence-corrected chi connectivity index (χ2v) is 4.01. The number of hydrogen-bond donors (Lipinski definition) is 1. The molecule has 0 aromatic heterocycles. The molecule has 0 bridgehead atoms. The van der Waals surface area contributed by atoms with E-state index < -0.39 is 0 Å². The van der Waals surface area contributed by atoms with E-state index >= 15 is 0 Å². The van der Waals surface area contributed by atoms with Gasteiger partial charge in [-0.1, -0.05) is 60.7 Å². The van der Waals surface area contributed by atoms with Gasteiger partial charge in [0.25, 0.3) is 0 Å². The van der Waals surface area contributed by atoms with Gasteiger partial charge in [-0.05, 0) is 28.8 Å². The molecule has 1 N–H and O–H groups in total. The Bertz CT molecular complexity index is 583. The van der Waals surface area contributed by atoms with Crippen LogP contribution < -0.4 is 0 Å². The van der Waals surface area contributed by atoms with Gasteiger partial charge in [0.15, 0.2) is 0 Å². The molecular weight excluding hydrogens is 224 g/mol. The smallest absolute Gasteiger partial charge is 0.108 e. The van der Waals surface area contributed by atoms with E-state index in [0.29, 0.717) is 0 Å². The van der Waals surface area contributed by atoms with Crippen molar-refractivity contribution in [1.82, 2.24) is 0 Å². The first-order valence-corrected chi connectivity index (χ1v) is 5.93. The minimum Gasteiger partial charge on any atom is -0.251 e. The van der Waals surface area contributed by atoms with Gasteiger partial charge in [-0.3, -0.25) is 5.26 Å². The highest BCUT2D eigenvalue weighted by Gasteiger charge is 2.05. The van der Waals surface area contributed by atoms with Crippen LogP contribution >= 0.6 is 0 Å². The van der Waals surface area contributed by atoms with E-state index in [1.165, 1.54) is 0 Å². The molecule has 2 aromatic rings. The topological polar surface area (TPSA) is 29.5 Å². The molecule has 0 saturated heterocycles. The third-order valence-electron chi connectivity index (χ3n) is 2.87. The molecule has 0 amide bonds. The zero-order valence-electron chi connectivity index (χ0n) is 10.3. The van der Waals surface area contributed by atoms with Crippen LogP contribution in [-0.2, 0) is 11.5 Å². The van der Waals surface area contributed by atoms with Crippen molar-refractivity contribution in [3.63, 3.8) is 0 Å². The van der Waals surface area contributed by atoms with E-state index in [-0.39, 0.29) is 6.61 Å². The first-order chi connectivity index (χ1) is 8.86. The summed E-state index contributed by atoms with van der Waals surface area (Å²) in [6, 6.07) is 12.2. The van der Waals surface area contributed by atoms with E-state index in [0.717, 1.165) is 21.9 Å². The van der Waals surface area contributed by atoms with Crippen molar-refractivity contribution in [2.24, 2.45) is 0 Å². The number of rotatable bonds is 4. The fourth-order valence-electron chi connectivity index (χ4n) is 2.00. The molecule has 0 unspecified atom stereocenters. The Hall–Kier alpha value is -1.90. The Morgan fingerprint density at radius 1 is 1.11 bits per heavy atom. The molecule has 92 valence electrons. The van der Waals surface area contributed by atoms with Gasteiger partial charge in [0.05, 0.1) is 0 Å². The third kappa shape index (κ3) is 2.67. The predicted molar refractivity (Wildman–Crippen MR) is 75.2 cm³/mol. The molecule has 2 aromatic carbocycles. The maximum Gasteiger partial charge on any atom is 0.108 e. The lowest BCUT2D eigenvalue weighted by Gasteiger charge is -2.08. The zero-order chi connectivity index (χ0) is 12.8. The molecule has 2 heteroatoms. The molecule has 0 aliphatic rings. The average Bonchev–Trinajstić information content (AvgIpc) is 2.41. The summed E-state index contributed by atoms with van der Waals surface area (Å²) >= 11 is 0. The Morgan fingerprint density at radius 2 is 1.94 bits per heavy atom. The van der Waals surface area contributed by atoms with E-state index in [2.05, 4.69) is 17.0 Å². The second-order valence-electron chi connectivity index (χ2n) is 4.01. The molecule has 0 aliphatic carbocycles. The van der Waals surface area contributed by atoms with Gasteiger partial charge >= 0.3 is 0 Å². The number of hydrogen-bond acceptors (Lipinski definition) is 2. The van der Waals surface area contributed by atoms with Gasteiger partial charge in [0.2, 0.25) is 0 Å². The quantitative estimate of drug-likeness (QED) is 0.487. The third-order valence-corrected chi connectivity index (χ3v) is 2.87. The van der Waals surface area contributed by atoms with E-state index in [1.54, 1.807) is 0 Å². The largest absolute Gasteiger partial charge is 0.251 e. The summed E-state index contributed by atoms with van der Waals surface area (Å²) in [7, 11) is 0. The number of benzene rings is 2. The molecular formula is C16H16O2. The molecule has 0 heterocycles. The van der Waals surface area contributed by atoms with Gasteiger partial charge in [0.1, 0.15) is 6.61 Å². The van der Waals surface area contributed by atoms with Crippen LogP contribution in [0.2, 0.25) is 0 Å². The fourth-order valence-corrected chi connectivity index (χ4v) is 2.00. The maximum atomic E-state index is 8.74. The zero-order valence-corrected chi connectivity index (χ0v) is 10.3. The monoisotopic (exact) mass is 240 g/mol. The summed E-state index contributed by atoms with van der Waals surface area (Å²) in [5, 5.41) is 11.0. The van der Waals surface area contributed by atoms with Gasteiger partial charge < -0.3 is 0 Å². The molecule has 0 spiro atoms. The van der Waals surface area contributed by atoms with E-state index in [1.807, 2.05) is 55.5 Å².